The van der Waals surface area contributed by atoms with Crippen molar-refractivity contribution in [2.24, 2.45) is 0 Å². The van der Waals surface area contributed by atoms with Gasteiger partial charge < -0.3 is 4.90 Å². The Kier molecular flexibility index (Phi) is 2.30. The van der Waals surface area contributed by atoms with Gasteiger partial charge in [0.1, 0.15) is 10.6 Å². The molecule has 0 bridgehead atoms. The molecule has 0 radical (unpaired) electrons. The molecule has 2 aromatic rings. The predicted molar refractivity (Wildman–Crippen MR) is 68.8 cm³/mol. The lowest BCUT2D eigenvalue weighted by Crippen LogP contribution is -2.11. The Labute approximate surface area is 103 Å². The molecule has 0 aliphatic heterocycles. The van der Waals surface area contributed by atoms with Crippen molar-refractivity contribution in [3.63, 3.8) is 0 Å². The zero-order valence-electron chi connectivity index (χ0n) is 9.25. The molecule has 0 aromatic carbocycles. The summed E-state index contributed by atoms with van der Waals surface area (Å²) in [7, 11) is 3.99. The molecule has 0 unspecified atom stereocenters. The van der Waals surface area contributed by atoms with Gasteiger partial charge in [-0.25, -0.2) is 4.98 Å². The Hall–Kier alpha value is -0.870. The highest BCUT2D eigenvalue weighted by molar-refractivity contribution is 7.19. The van der Waals surface area contributed by atoms with Crippen molar-refractivity contribution in [1.82, 2.24) is 9.97 Å². The lowest BCUT2D eigenvalue weighted by Gasteiger charge is -2.13. The third kappa shape index (κ3) is 1.40. The molecule has 3 nitrogen and oxygen atoms in total. The van der Waals surface area contributed by atoms with E-state index in [1.807, 2.05) is 19.0 Å². The molecular weight excluding hydrogens is 242 g/mol. The molecule has 0 N–H and O–H groups in total. The van der Waals surface area contributed by atoms with E-state index in [9.17, 15) is 0 Å². The Morgan fingerprint density at radius 3 is 2.81 bits per heavy atom. The van der Waals surface area contributed by atoms with Crippen LogP contribution in [0.5, 0.6) is 0 Å². The molecule has 1 aliphatic carbocycles. The van der Waals surface area contributed by atoms with E-state index in [-0.39, 0.29) is 0 Å². The Morgan fingerprint density at radius 1 is 1.25 bits per heavy atom. The van der Waals surface area contributed by atoms with Crippen molar-refractivity contribution in [2.45, 2.75) is 19.3 Å². The van der Waals surface area contributed by atoms with Gasteiger partial charge in [-0.1, -0.05) is 0 Å². The maximum atomic E-state index is 5.95. The maximum absolute atomic E-state index is 5.95. The minimum atomic E-state index is 0.344. The Bertz CT molecular complexity index is 562. The van der Waals surface area contributed by atoms with Gasteiger partial charge in [-0.05, 0) is 36.4 Å². The zero-order chi connectivity index (χ0) is 11.3. The first-order chi connectivity index (χ1) is 7.66. The first-order valence-corrected chi connectivity index (χ1v) is 6.51. The molecule has 0 saturated heterocycles. The van der Waals surface area contributed by atoms with Crippen LogP contribution in [0.1, 0.15) is 16.9 Å². The van der Waals surface area contributed by atoms with Crippen molar-refractivity contribution in [2.75, 3.05) is 19.0 Å². The van der Waals surface area contributed by atoms with E-state index in [2.05, 4.69) is 9.97 Å². The van der Waals surface area contributed by atoms with Crippen LogP contribution in [0.2, 0.25) is 5.28 Å². The minimum absolute atomic E-state index is 0.344. The molecule has 0 spiro atoms. The molecule has 5 heteroatoms. The average Bonchev–Trinajstić information content (AvgIpc) is 2.74. The van der Waals surface area contributed by atoms with Crippen molar-refractivity contribution in [1.29, 1.82) is 0 Å². The van der Waals surface area contributed by atoms with Crippen LogP contribution in [0.15, 0.2) is 0 Å². The highest BCUT2D eigenvalue weighted by Crippen LogP contribution is 2.40. The van der Waals surface area contributed by atoms with Gasteiger partial charge in [0.2, 0.25) is 5.28 Å². The van der Waals surface area contributed by atoms with Crippen molar-refractivity contribution >= 4 is 39.0 Å². The number of hydrogen-bond acceptors (Lipinski definition) is 4. The van der Waals surface area contributed by atoms with E-state index < -0.39 is 0 Å². The van der Waals surface area contributed by atoms with Crippen LogP contribution in [-0.4, -0.2) is 24.1 Å². The van der Waals surface area contributed by atoms with E-state index in [0.717, 1.165) is 17.1 Å². The van der Waals surface area contributed by atoms with E-state index >= 15 is 0 Å². The highest BCUT2D eigenvalue weighted by atomic mass is 35.5. The summed E-state index contributed by atoms with van der Waals surface area (Å²) in [5.41, 5.74) is 1.44. The molecular formula is C11H12ClN3S. The first kappa shape index (κ1) is 10.3. The quantitative estimate of drug-likeness (QED) is 0.732. The van der Waals surface area contributed by atoms with Gasteiger partial charge in [-0.2, -0.15) is 4.98 Å². The monoisotopic (exact) mass is 253 g/mol. The number of nitrogens with zero attached hydrogens (tertiary/aromatic N) is 3. The van der Waals surface area contributed by atoms with Gasteiger partial charge in [-0.15, -0.1) is 11.3 Å². The van der Waals surface area contributed by atoms with Crippen LogP contribution in [0.25, 0.3) is 10.2 Å². The van der Waals surface area contributed by atoms with Gasteiger partial charge >= 0.3 is 0 Å². The fourth-order valence-corrected chi connectivity index (χ4v) is 3.75. The predicted octanol–water partition coefficient (Wildman–Crippen LogP) is 2.90. The molecule has 0 atom stereocenters. The van der Waals surface area contributed by atoms with E-state index in [1.54, 1.807) is 11.3 Å². The van der Waals surface area contributed by atoms with Crippen LogP contribution >= 0.6 is 22.9 Å². The summed E-state index contributed by atoms with van der Waals surface area (Å²) in [6, 6.07) is 0. The van der Waals surface area contributed by atoms with Crippen molar-refractivity contribution in [3.8, 4) is 0 Å². The topological polar surface area (TPSA) is 29.0 Å². The summed E-state index contributed by atoms with van der Waals surface area (Å²) >= 11 is 7.72. The number of hydrogen-bond donors (Lipinski definition) is 0. The number of aryl methyl sites for hydroxylation is 2. The van der Waals surface area contributed by atoms with E-state index in [1.165, 1.54) is 28.7 Å². The molecule has 2 heterocycles. The normalized spacial score (nSPS) is 14.4. The minimum Gasteiger partial charge on any atom is -0.362 e. The van der Waals surface area contributed by atoms with Gasteiger partial charge in [0.15, 0.2) is 0 Å². The molecule has 16 heavy (non-hydrogen) atoms. The fourth-order valence-electron chi connectivity index (χ4n) is 2.27. The number of thiophene rings is 1. The van der Waals surface area contributed by atoms with Crippen LogP contribution in [0.3, 0.4) is 0 Å². The van der Waals surface area contributed by atoms with Crippen LogP contribution in [0, 0.1) is 0 Å². The number of aromatic nitrogens is 2. The summed E-state index contributed by atoms with van der Waals surface area (Å²) in [6.45, 7) is 0. The van der Waals surface area contributed by atoms with Crippen molar-refractivity contribution < 1.29 is 0 Å². The second-order valence-electron chi connectivity index (χ2n) is 4.25. The molecule has 3 rings (SSSR count). The van der Waals surface area contributed by atoms with Crippen molar-refractivity contribution in [3.05, 3.63) is 15.7 Å². The largest absolute Gasteiger partial charge is 0.362 e. The van der Waals surface area contributed by atoms with Crippen LogP contribution in [0.4, 0.5) is 5.82 Å². The Morgan fingerprint density at radius 2 is 2.06 bits per heavy atom. The van der Waals surface area contributed by atoms with Gasteiger partial charge in [0.05, 0.1) is 5.39 Å². The first-order valence-electron chi connectivity index (χ1n) is 5.32. The lowest BCUT2D eigenvalue weighted by atomic mass is 10.2. The smallest absolute Gasteiger partial charge is 0.225 e. The second-order valence-corrected chi connectivity index (χ2v) is 5.67. The van der Waals surface area contributed by atoms with Crippen LogP contribution < -0.4 is 4.90 Å². The molecule has 2 aromatic heterocycles. The molecule has 84 valence electrons. The lowest BCUT2D eigenvalue weighted by molar-refractivity contribution is 0.916. The molecule has 1 aliphatic rings. The zero-order valence-corrected chi connectivity index (χ0v) is 10.8. The maximum Gasteiger partial charge on any atom is 0.225 e. The summed E-state index contributed by atoms with van der Waals surface area (Å²) in [5.74, 6) is 0.953. The van der Waals surface area contributed by atoms with Gasteiger partial charge in [0, 0.05) is 19.0 Å². The van der Waals surface area contributed by atoms with E-state index in [4.69, 9.17) is 11.6 Å². The van der Waals surface area contributed by atoms with Crippen LogP contribution in [-0.2, 0) is 12.8 Å². The summed E-state index contributed by atoms with van der Waals surface area (Å²) in [6.07, 6.45) is 3.59. The summed E-state index contributed by atoms with van der Waals surface area (Å²) in [5, 5.41) is 1.56. The fraction of sp³-hybridized carbons (Fsp3) is 0.455. The summed E-state index contributed by atoms with van der Waals surface area (Å²) in [4.78, 5) is 13.2. The highest BCUT2D eigenvalue weighted by Gasteiger charge is 2.22. The third-order valence-electron chi connectivity index (χ3n) is 2.94. The standard InChI is InChI=1S/C11H12ClN3S/c1-15(2)9-8-6-4-3-5-7(6)16-10(8)14-11(12)13-9/h3-5H2,1-2H3. The summed E-state index contributed by atoms with van der Waals surface area (Å²) < 4.78 is 0. The van der Waals surface area contributed by atoms with Gasteiger partial charge in [-0.3, -0.25) is 0 Å². The molecule has 0 amide bonds. The Balaban J connectivity index is 2.38. The number of rotatable bonds is 1. The number of halogens is 1. The average molecular weight is 254 g/mol. The molecule has 0 saturated carbocycles. The SMILES string of the molecule is CN(C)c1nc(Cl)nc2sc3c(c12)CCC3. The molecule has 0 fully saturated rings. The number of anilines is 1. The third-order valence-corrected chi connectivity index (χ3v) is 4.30. The van der Waals surface area contributed by atoms with E-state index in [0.29, 0.717) is 5.28 Å². The number of fused-ring (bicyclic) bond motifs is 3. The second kappa shape index (κ2) is 3.57. The van der Waals surface area contributed by atoms with Gasteiger partial charge in [0.25, 0.3) is 0 Å².